The van der Waals surface area contributed by atoms with Crippen LogP contribution in [0.15, 0.2) is 6.08 Å². The van der Waals surface area contributed by atoms with Crippen molar-refractivity contribution >= 4 is 5.94 Å². The van der Waals surface area contributed by atoms with Gasteiger partial charge in [0.1, 0.15) is 5.94 Å². The highest BCUT2D eigenvalue weighted by molar-refractivity contribution is 5.45. The largest absolute Gasteiger partial charge is 0.234 e. The SMILES string of the molecule is CCCCCC(C)C=C=O. The van der Waals surface area contributed by atoms with Gasteiger partial charge >= 0.3 is 0 Å². The van der Waals surface area contributed by atoms with Crippen LogP contribution in [0, 0.1) is 5.92 Å². The third kappa shape index (κ3) is 5.58. The average molecular weight is 140 g/mol. The Morgan fingerprint density at radius 1 is 1.50 bits per heavy atom. The van der Waals surface area contributed by atoms with Gasteiger partial charge in [-0.15, -0.1) is 0 Å². The lowest BCUT2D eigenvalue weighted by molar-refractivity contribution is 0.554. The van der Waals surface area contributed by atoms with Gasteiger partial charge in [0, 0.05) is 6.08 Å². The van der Waals surface area contributed by atoms with E-state index in [1.807, 2.05) is 5.94 Å². The molecule has 0 spiro atoms. The molecule has 0 bridgehead atoms. The fourth-order valence-corrected chi connectivity index (χ4v) is 0.916. The second kappa shape index (κ2) is 6.57. The van der Waals surface area contributed by atoms with Crippen LogP contribution in [0.25, 0.3) is 0 Å². The zero-order valence-corrected chi connectivity index (χ0v) is 6.89. The smallest absolute Gasteiger partial charge is 0.120 e. The van der Waals surface area contributed by atoms with Crippen LogP contribution >= 0.6 is 0 Å². The third-order valence-electron chi connectivity index (χ3n) is 1.62. The van der Waals surface area contributed by atoms with Crippen molar-refractivity contribution in [2.75, 3.05) is 0 Å². The molecular formula is C9H16O. The van der Waals surface area contributed by atoms with E-state index in [-0.39, 0.29) is 0 Å². The van der Waals surface area contributed by atoms with Crippen molar-refractivity contribution in [1.29, 1.82) is 0 Å². The maximum atomic E-state index is 9.87. The molecule has 0 radical (unpaired) electrons. The third-order valence-corrected chi connectivity index (χ3v) is 1.62. The van der Waals surface area contributed by atoms with Crippen LogP contribution < -0.4 is 0 Å². The Hall–Kier alpha value is -0.550. The molecule has 0 aromatic heterocycles. The molecule has 0 N–H and O–H groups in total. The molecule has 0 rings (SSSR count). The Balaban J connectivity index is 3.21. The molecule has 1 nitrogen and oxygen atoms in total. The monoisotopic (exact) mass is 140 g/mol. The summed E-state index contributed by atoms with van der Waals surface area (Å²) >= 11 is 0. The molecule has 58 valence electrons. The van der Waals surface area contributed by atoms with Crippen molar-refractivity contribution in [2.45, 2.75) is 39.5 Å². The molecule has 1 heteroatoms. The maximum Gasteiger partial charge on any atom is 0.120 e. The van der Waals surface area contributed by atoms with Crippen LogP contribution in [-0.4, -0.2) is 5.94 Å². The first kappa shape index (κ1) is 9.45. The topological polar surface area (TPSA) is 17.1 Å². The summed E-state index contributed by atoms with van der Waals surface area (Å²) in [7, 11) is 0. The summed E-state index contributed by atoms with van der Waals surface area (Å²) in [4.78, 5) is 9.87. The molecule has 1 unspecified atom stereocenters. The Kier molecular flexibility index (Phi) is 6.21. The van der Waals surface area contributed by atoms with Crippen molar-refractivity contribution < 1.29 is 4.79 Å². The van der Waals surface area contributed by atoms with Crippen LogP contribution in [0.3, 0.4) is 0 Å². The summed E-state index contributed by atoms with van der Waals surface area (Å²) in [6.45, 7) is 4.24. The van der Waals surface area contributed by atoms with Crippen LogP contribution in [-0.2, 0) is 4.79 Å². The van der Waals surface area contributed by atoms with Gasteiger partial charge in [-0.2, -0.15) is 0 Å². The summed E-state index contributed by atoms with van der Waals surface area (Å²) in [6, 6.07) is 0. The van der Waals surface area contributed by atoms with E-state index < -0.39 is 0 Å². The van der Waals surface area contributed by atoms with Crippen molar-refractivity contribution in [3.8, 4) is 0 Å². The predicted molar refractivity (Wildman–Crippen MR) is 43.6 cm³/mol. The second-order valence-corrected chi connectivity index (χ2v) is 2.76. The maximum absolute atomic E-state index is 9.87. The highest BCUT2D eigenvalue weighted by Gasteiger charge is 1.95. The number of rotatable bonds is 5. The molecule has 0 saturated heterocycles. The summed E-state index contributed by atoms with van der Waals surface area (Å²) in [5.41, 5.74) is 0. The molecule has 0 fully saturated rings. The van der Waals surface area contributed by atoms with E-state index in [1.165, 1.54) is 19.3 Å². The highest BCUT2D eigenvalue weighted by atomic mass is 16.1. The van der Waals surface area contributed by atoms with E-state index in [0.29, 0.717) is 5.92 Å². The van der Waals surface area contributed by atoms with Gasteiger partial charge < -0.3 is 0 Å². The Bertz CT molecular complexity index is 112. The summed E-state index contributed by atoms with van der Waals surface area (Å²) in [6.07, 6.45) is 6.49. The van der Waals surface area contributed by atoms with Crippen LogP contribution in [0.1, 0.15) is 39.5 Å². The quantitative estimate of drug-likeness (QED) is 0.423. The first-order valence-corrected chi connectivity index (χ1v) is 4.02. The van der Waals surface area contributed by atoms with Gasteiger partial charge in [-0.05, 0) is 12.3 Å². The van der Waals surface area contributed by atoms with Gasteiger partial charge in [-0.3, -0.25) is 0 Å². The summed E-state index contributed by atoms with van der Waals surface area (Å²) < 4.78 is 0. The fourth-order valence-electron chi connectivity index (χ4n) is 0.916. The molecular weight excluding hydrogens is 124 g/mol. The second-order valence-electron chi connectivity index (χ2n) is 2.76. The lowest BCUT2D eigenvalue weighted by Gasteiger charge is -2.01. The van der Waals surface area contributed by atoms with Gasteiger partial charge in [0.05, 0.1) is 0 Å². The van der Waals surface area contributed by atoms with Crippen LogP contribution in [0.2, 0.25) is 0 Å². The number of allylic oxidation sites excluding steroid dienone is 1. The lowest BCUT2D eigenvalue weighted by Crippen LogP contribution is -1.88. The number of hydrogen-bond acceptors (Lipinski definition) is 1. The predicted octanol–water partition coefficient (Wildman–Crippen LogP) is 2.59. The molecule has 0 aromatic rings. The minimum Gasteiger partial charge on any atom is -0.234 e. The average Bonchev–Trinajstić information content (AvgIpc) is 1.89. The zero-order chi connectivity index (χ0) is 7.82. The van der Waals surface area contributed by atoms with Crippen molar-refractivity contribution in [3.05, 3.63) is 6.08 Å². The fraction of sp³-hybridized carbons (Fsp3) is 0.778. The minimum atomic E-state index is 0.420. The standard InChI is InChI=1S/C9H16O/c1-3-4-5-6-9(2)7-8-10/h7,9H,3-6H2,1-2H3. The Morgan fingerprint density at radius 3 is 2.70 bits per heavy atom. The molecule has 0 aliphatic rings. The molecule has 0 aliphatic heterocycles. The first-order valence-electron chi connectivity index (χ1n) is 4.02. The normalized spacial score (nSPS) is 12.2. The number of hydrogen-bond donors (Lipinski definition) is 0. The zero-order valence-electron chi connectivity index (χ0n) is 6.89. The summed E-state index contributed by atoms with van der Waals surface area (Å²) in [5.74, 6) is 2.24. The van der Waals surface area contributed by atoms with Gasteiger partial charge in [-0.1, -0.05) is 33.1 Å². The molecule has 0 heterocycles. The molecule has 0 aromatic carbocycles. The van der Waals surface area contributed by atoms with Crippen LogP contribution in [0.5, 0.6) is 0 Å². The van der Waals surface area contributed by atoms with Gasteiger partial charge in [0.25, 0.3) is 0 Å². The summed E-state index contributed by atoms with van der Waals surface area (Å²) in [5, 5.41) is 0. The Morgan fingerprint density at radius 2 is 2.20 bits per heavy atom. The van der Waals surface area contributed by atoms with Crippen molar-refractivity contribution in [2.24, 2.45) is 5.92 Å². The van der Waals surface area contributed by atoms with E-state index >= 15 is 0 Å². The highest BCUT2D eigenvalue weighted by Crippen LogP contribution is 2.08. The molecule has 0 aliphatic carbocycles. The van der Waals surface area contributed by atoms with E-state index in [9.17, 15) is 4.79 Å². The van der Waals surface area contributed by atoms with Gasteiger partial charge in [0.2, 0.25) is 0 Å². The first-order chi connectivity index (χ1) is 4.81. The molecule has 0 amide bonds. The van der Waals surface area contributed by atoms with Gasteiger partial charge in [0.15, 0.2) is 0 Å². The number of unbranched alkanes of at least 4 members (excludes halogenated alkanes) is 2. The number of carbonyl (C=O) groups excluding carboxylic acids is 1. The Labute approximate surface area is 63.1 Å². The minimum absolute atomic E-state index is 0.420. The van der Waals surface area contributed by atoms with Gasteiger partial charge in [-0.25, -0.2) is 4.79 Å². The molecule has 1 atom stereocenters. The van der Waals surface area contributed by atoms with E-state index in [1.54, 1.807) is 6.08 Å². The molecule has 0 saturated carbocycles. The van der Waals surface area contributed by atoms with E-state index in [4.69, 9.17) is 0 Å². The van der Waals surface area contributed by atoms with Crippen LogP contribution in [0.4, 0.5) is 0 Å². The van der Waals surface area contributed by atoms with Crippen molar-refractivity contribution in [1.82, 2.24) is 0 Å². The lowest BCUT2D eigenvalue weighted by atomic mass is 10.0. The van der Waals surface area contributed by atoms with Crippen molar-refractivity contribution in [3.63, 3.8) is 0 Å². The van der Waals surface area contributed by atoms with E-state index in [2.05, 4.69) is 13.8 Å². The molecule has 10 heavy (non-hydrogen) atoms. The van der Waals surface area contributed by atoms with E-state index in [0.717, 1.165) is 6.42 Å².